The van der Waals surface area contributed by atoms with E-state index in [2.05, 4.69) is 41.0 Å². The highest BCUT2D eigenvalue weighted by atomic mass is 16.5. The smallest absolute Gasteiger partial charge is 0.318 e. The maximum absolute atomic E-state index is 13.2. The molecule has 0 radical (unpaired) electrons. The van der Waals surface area contributed by atoms with Crippen LogP contribution in [0.1, 0.15) is 41.5 Å². The Labute approximate surface area is 229 Å². The lowest BCUT2D eigenvalue weighted by Crippen LogP contribution is -2.62. The molecule has 39 heavy (non-hydrogen) atoms. The second kappa shape index (κ2) is 10.4. The van der Waals surface area contributed by atoms with Crippen LogP contribution in [-0.2, 0) is 29.0 Å². The number of nitrogens with one attached hydrogen (secondary N) is 2. The molecule has 1 aliphatic carbocycles. The van der Waals surface area contributed by atoms with Crippen LogP contribution in [-0.4, -0.2) is 49.2 Å². The van der Waals surface area contributed by atoms with E-state index in [0.29, 0.717) is 38.8 Å². The summed E-state index contributed by atoms with van der Waals surface area (Å²) in [6, 6.07) is 22.5. The summed E-state index contributed by atoms with van der Waals surface area (Å²) in [4.78, 5) is 28.1. The molecule has 2 atom stereocenters. The average Bonchev–Trinajstić information content (AvgIpc) is 3.76. The second-order valence-electron chi connectivity index (χ2n) is 11.2. The molecule has 2 heterocycles. The number of rotatable bonds is 7. The van der Waals surface area contributed by atoms with Gasteiger partial charge in [-0.2, -0.15) is 0 Å². The van der Waals surface area contributed by atoms with E-state index in [0.717, 1.165) is 40.8 Å². The summed E-state index contributed by atoms with van der Waals surface area (Å²) >= 11 is 0. The number of fused-ring (bicyclic) bond motifs is 1. The minimum atomic E-state index is -0.309. The molecule has 3 aromatic rings. The van der Waals surface area contributed by atoms with Crippen LogP contribution in [0.3, 0.4) is 0 Å². The van der Waals surface area contributed by atoms with Crippen molar-refractivity contribution < 1.29 is 19.1 Å². The van der Waals surface area contributed by atoms with Gasteiger partial charge in [0.2, 0.25) is 5.91 Å². The molecule has 0 aromatic heterocycles. The van der Waals surface area contributed by atoms with Crippen molar-refractivity contribution in [3.63, 3.8) is 0 Å². The first-order valence-electron chi connectivity index (χ1n) is 13.7. The molecular formula is C32H35N3O4. The van der Waals surface area contributed by atoms with Crippen molar-refractivity contribution >= 4 is 11.9 Å². The molecule has 1 saturated carbocycles. The number of carbonyl (C=O) groups is 2. The molecule has 0 spiro atoms. The second-order valence-corrected chi connectivity index (χ2v) is 11.2. The number of amides is 3. The Balaban J connectivity index is 1.23. The van der Waals surface area contributed by atoms with E-state index in [1.165, 1.54) is 11.1 Å². The lowest BCUT2D eigenvalue weighted by molar-refractivity contribution is -0.122. The molecule has 6 rings (SSSR count). The topological polar surface area (TPSA) is 79.9 Å². The van der Waals surface area contributed by atoms with Gasteiger partial charge in [0.05, 0.1) is 25.9 Å². The van der Waals surface area contributed by atoms with Gasteiger partial charge < -0.3 is 25.0 Å². The van der Waals surface area contributed by atoms with E-state index >= 15 is 0 Å². The Morgan fingerprint density at radius 2 is 1.87 bits per heavy atom. The molecule has 2 aliphatic heterocycles. The number of methoxy groups -OCH3 is 1. The summed E-state index contributed by atoms with van der Waals surface area (Å²) in [7, 11) is 1.67. The number of ether oxygens (including phenoxy) is 2. The van der Waals surface area contributed by atoms with Crippen LogP contribution in [0, 0.1) is 5.92 Å². The van der Waals surface area contributed by atoms with E-state index in [9.17, 15) is 9.59 Å². The zero-order valence-electron chi connectivity index (χ0n) is 22.5. The minimum absolute atomic E-state index is 0.0204. The zero-order valence-corrected chi connectivity index (χ0v) is 22.5. The molecule has 7 heteroatoms. The molecule has 3 aromatic carbocycles. The van der Waals surface area contributed by atoms with Crippen molar-refractivity contribution in [1.82, 2.24) is 15.5 Å². The zero-order chi connectivity index (χ0) is 27.0. The number of nitrogens with zero attached hydrogens (tertiary/aromatic N) is 1. The van der Waals surface area contributed by atoms with Crippen molar-refractivity contribution in [3.8, 4) is 16.9 Å². The van der Waals surface area contributed by atoms with Crippen molar-refractivity contribution in [3.05, 3.63) is 89.0 Å². The van der Waals surface area contributed by atoms with E-state index in [-0.39, 0.29) is 23.4 Å². The number of urea groups is 1. The molecule has 3 amide bonds. The Kier molecular flexibility index (Phi) is 6.77. The van der Waals surface area contributed by atoms with Gasteiger partial charge in [-0.05, 0) is 71.2 Å². The third-order valence-corrected chi connectivity index (χ3v) is 8.23. The van der Waals surface area contributed by atoms with Gasteiger partial charge in [-0.1, -0.05) is 54.6 Å². The van der Waals surface area contributed by atoms with E-state index in [1.54, 1.807) is 7.11 Å². The van der Waals surface area contributed by atoms with Gasteiger partial charge in [-0.25, -0.2) is 4.79 Å². The maximum atomic E-state index is 13.2. The summed E-state index contributed by atoms with van der Waals surface area (Å²) in [6.07, 6.45) is 1.63. The highest BCUT2D eigenvalue weighted by Gasteiger charge is 2.43. The van der Waals surface area contributed by atoms with Gasteiger partial charge in [-0.3, -0.25) is 4.79 Å². The lowest BCUT2D eigenvalue weighted by atomic mass is 9.87. The van der Waals surface area contributed by atoms with Crippen molar-refractivity contribution in [2.45, 2.75) is 44.3 Å². The number of hydrogen-bond acceptors (Lipinski definition) is 4. The van der Waals surface area contributed by atoms with Crippen molar-refractivity contribution in [2.75, 3.05) is 26.9 Å². The fraction of sp³-hybridized carbons (Fsp3) is 0.375. The average molecular weight is 526 g/mol. The quantitative estimate of drug-likeness (QED) is 0.471. The van der Waals surface area contributed by atoms with Crippen LogP contribution >= 0.6 is 0 Å². The van der Waals surface area contributed by atoms with Gasteiger partial charge in [0, 0.05) is 25.6 Å². The van der Waals surface area contributed by atoms with Crippen LogP contribution in [0.2, 0.25) is 0 Å². The first kappa shape index (κ1) is 25.4. The summed E-state index contributed by atoms with van der Waals surface area (Å²) in [6.45, 7) is 4.64. The molecule has 2 unspecified atom stereocenters. The highest BCUT2D eigenvalue weighted by Crippen LogP contribution is 2.47. The number of carbonyl (C=O) groups excluding carboxylic acids is 2. The van der Waals surface area contributed by atoms with Crippen molar-refractivity contribution in [1.29, 1.82) is 0 Å². The standard InChI is InChI=1S/C32H35N3O4/c1-32(19-39-20-32)34-31(37)35-14-13-26-25(22-9-6-10-24(15-22)38-2)12-11-23(29(26)18-35)17-33-30(36)28-16-27(28)21-7-4-3-5-8-21/h3-12,15,27-28H,13-14,16-20H2,1-2H3,(H,33,36)(H,34,37). The third kappa shape index (κ3) is 5.23. The number of benzene rings is 3. The molecule has 202 valence electrons. The first-order chi connectivity index (χ1) is 18.9. The molecule has 7 nitrogen and oxygen atoms in total. The van der Waals surface area contributed by atoms with Gasteiger partial charge in [0.1, 0.15) is 5.75 Å². The first-order valence-corrected chi connectivity index (χ1v) is 13.7. The van der Waals surface area contributed by atoms with E-state index in [4.69, 9.17) is 9.47 Å². The minimum Gasteiger partial charge on any atom is -0.497 e. The van der Waals surface area contributed by atoms with Gasteiger partial charge in [-0.15, -0.1) is 0 Å². The third-order valence-electron chi connectivity index (χ3n) is 8.23. The largest absolute Gasteiger partial charge is 0.497 e. The SMILES string of the molecule is COc1cccc(-c2ccc(CNC(=O)C3CC3c3ccccc3)c3c2CCN(C(=O)NC2(C)COC2)C3)c1. The van der Waals surface area contributed by atoms with E-state index in [1.807, 2.05) is 48.2 Å². The summed E-state index contributed by atoms with van der Waals surface area (Å²) in [5, 5.41) is 6.34. The molecule has 0 bridgehead atoms. The molecule has 3 aliphatic rings. The van der Waals surface area contributed by atoms with Crippen LogP contribution in [0.5, 0.6) is 5.75 Å². The predicted molar refractivity (Wildman–Crippen MR) is 149 cm³/mol. The summed E-state index contributed by atoms with van der Waals surface area (Å²) in [5.74, 6) is 1.22. The van der Waals surface area contributed by atoms with Crippen molar-refractivity contribution in [2.24, 2.45) is 5.92 Å². The Morgan fingerprint density at radius 3 is 2.62 bits per heavy atom. The Morgan fingerprint density at radius 1 is 1.05 bits per heavy atom. The molecule has 2 N–H and O–H groups in total. The van der Waals surface area contributed by atoms with Crippen LogP contribution in [0.15, 0.2) is 66.7 Å². The van der Waals surface area contributed by atoms with Gasteiger partial charge in [0.15, 0.2) is 0 Å². The van der Waals surface area contributed by atoms with Crippen LogP contribution < -0.4 is 15.4 Å². The summed E-state index contributed by atoms with van der Waals surface area (Å²) < 4.78 is 10.8. The molecule has 1 saturated heterocycles. The van der Waals surface area contributed by atoms with Crippen LogP contribution in [0.25, 0.3) is 11.1 Å². The van der Waals surface area contributed by atoms with Gasteiger partial charge in [0.25, 0.3) is 0 Å². The van der Waals surface area contributed by atoms with Gasteiger partial charge >= 0.3 is 6.03 Å². The van der Waals surface area contributed by atoms with E-state index < -0.39 is 0 Å². The normalized spacial score (nSPS) is 20.8. The highest BCUT2D eigenvalue weighted by molar-refractivity contribution is 5.83. The fourth-order valence-electron chi connectivity index (χ4n) is 5.83. The predicted octanol–water partition coefficient (Wildman–Crippen LogP) is 4.64. The Hall–Kier alpha value is -3.84. The molecular weight excluding hydrogens is 490 g/mol. The Bertz CT molecular complexity index is 1390. The summed E-state index contributed by atoms with van der Waals surface area (Å²) in [5.41, 5.74) is 6.54. The number of hydrogen-bond donors (Lipinski definition) is 2. The van der Waals surface area contributed by atoms with Crippen LogP contribution in [0.4, 0.5) is 4.79 Å². The maximum Gasteiger partial charge on any atom is 0.318 e. The lowest BCUT2D eigenvalue weighted by Gasteiger charge is -2.41. The monoisotopic (exact) mass is 525 g/mol. The molecule has 2 fully saturated rings. The fourth-order valence-corrected chi connectivity index (χ4v) is 5.83.